The number of carbonyl (C=O) groups excluding carboxylic acids is 1. The van der Waals surface area contributed by atoms with Crippen molar-refractivity contribution in [3.63, 3.8) is 0 Å². The molecule has 6 N–H and O–H groups in total. The summed E-state index contributed by atoms with van der Waals surface area (Å²) >= 11 is 0. The minimum atomic E-state index is -0.781. The van der Waals surface area contributed by atoms with Crippen molar-refractivity contribution < 1.29 is 13.6 Å². The number of nitrogens with zero attached hydrogens (tertiary/aromatic N) is 2. The van der Waals surface area contributed by atoms with Crippen LogP contribution in [-0.2, 0) is 0 Å². The number of aryl methyl sites for hydroxylation is 1. The Morgan fingerprint density at radius 2 is 2.00 bits per heavy atom. The lowest BCUT2D eigenvalue weighted by Crippen LogP contribution is -2.43. The quantitative estimate of drug-likeness (QED) is 0.519. The molecule has 1 fully saturated rings. The number of hydrogen-bond acceptors (Lipinski definition) is 7. The van der Waals surface area contributed by atoms with Crippen LogP contribution in [0.2, 0.25) is 0 Å². The first-order chi connectivity index (χ1) is 13.9. The van der Waals surface area contributed by atoms with E-state index in [0.717, 1.165) is 31.7 Å². The van der Waals surface area contributed by atoms with Crippen molar-refractivity contribution in [2.24, 2.45) is 11.5 Å². The number of pyridine rings is 1. The van der Waals surface area contributed by atoms with Crippen molar-refractivity contribution in [3.05, 3.63) is 41.5 Å². The highest BCUT2D eigenvalue weighted by molar-refractivity contribution is 5.98. The highest BCUT2D eigenvalue weighted by atomic mass is 19.1. The second kappa shape index (κ2) is 7.67. The fourth-order valence-electron chi connectivity index (χ4n) is 3.64. The Bertz CT molecular complexity index is 1070. The minimum absolute atomic E-state index is 0.0384. The normalized spacial score (nSPS) is 19.3. The lowest BCUT2D eigenvalue weighted by molar-refractivity contribution is 0.100. The van der Waals surface area contributed by atoms with Crippen LogP contribution in [0.15, 0.2) is 28.7 Å². The van der Waals surface area contributed by atoms with Crippen LogP contribution < -0.4 is 22.1 Å². The van der Waals surface area contributed by atoms with Gasteiger partial charge in [-0.25, -0.2) is 14.4 Å². The number of halogens is 1. The highest BCUT2D eigenvalue weighted by Crippen LogP contribution is 2.28. The Hall–Kier alpha value is -3.20. The van der Waals surface area contributed by atoms with E-state index in [1.165, 1.54) is 0 Å². The number of amides is 1. The van der Waals surface area contributed by atoms with Gasteiger partial charge in [-0.1, -0.05) is 12.8 Å². The first-order valence-electron chi connectivity index (χ1n) is 9.57. The Labute approximate surface area is 166 Å². The Morgan fingerprint density at radius 3 is 2.76 bits per heavy atom. The molecule has 0 spiro atoms. The molecule has 9 heteroatoms. The lowest BCUT2D eigenvalue weighted by Gasteiger charge is -2.30. The molecule has 2 aromatic heterocycles. The summed E-state index contributed by atoms with van der Waals surface area (Å²) in [5, 5.41) is 6.13. The van der Waals surface area contributed by atoms with Crippen molar-refractivity contribution in [2.75, 3.05) is 10.6 Å². The largest absolute Gasteiger partial charge is 0.441 e. The predicted molar refractivity (Wildman–Crippen MR) is 109 cm³/mol. The van der Waals surface area contributed by atoms with Crippen molar-refractivity contribution in [1.82, 2.24) is 9.97 Å². The molecule has 2 atom stereocenters. The number of aromatic nitrogens is 2. The van der Waals surface area contributed by atoms with Gasteiger partial charge in [0.15, 0.2) is 23.1 Å². The number of primary amides is 1. The SMILES string of the molecule is Cc1nc2ccc(Nc3nc(NC4CCCC[C@@H]4N)c(F)cc3C(N)=O)cc2o1. The smallest absolute Gasteiger partial charge is 0.252 e. The van der Waals surface area contributed by atoms with Gasteiger partial charge in [0.2, 0.25) is 0 Å². The van der Waals surface area contributed by atoms with E-state index in [2.05, 4.69) is 20.6 Å². The van der Waals surface area contributed by atoms with Gasteiger partial charge in [0.05, 0.1) is 5.56 Å². The van der Waals surface area contributed by atoms with Crippen LogP contribution in [-0.4, -0.2) is 28.0 Å². The minimum Gasteiger partial charge on any atom is -0.441 e. The van der Waals surface area contributed by atoms with Crippen molar-refractivity contribution in [2.45, 2.75) is 44.7 Å². The lowest BCUT2D eigenvalue weighted by atomic mass is 9.91. The van der Waals surface area contributed by atoms with Crippen molar-refractivity contribution in [3.8, 4) is 0 Å². The fraction of sp³-hybridized carbons (Fsp3) is 0.350. The summed E-state index contributed by atoms with van der Waals surface area (Å²) < 4.78 is 20.1. The van der Waals surface area contributed by atoms with E-state index in [-0.39, 0.29) is 29.3 Å². The molecule has 8 nitrogen and oxygen atoms in total. The molecule has 0 radical (unpaired) electrons. The van der Waals surface area contributed by atoms with E-state index in [4.69, 9.17) is 15.9 Å². The van der Waals surface area contributed by atoms with Crippen LogP contribution in [0.4, 0.5) is 21.7 Å². The summed E-state index contributed by atoms with van der Waals surface area (Å²) in [5.41, 5.74) is 13.4. The van der Waals surface area contributed by atoms with Gasteiger partial charge in [-0.3, -0.25) is 4.79 Å². The van der Waals surface area contributed by atoms with Crippen molar-refractivity contribution >= 4 is 34.3 Å². The number of anilines is 3. The maximum Gasteiger partial charge on any atom is 0.252 e. The summed E-state index contributed by atoms with van der Waals surface area (Å²) in [7, 11) is 0. The van der Waals surface area contributed by atoms with Crippen LogP contribution in [0.5, 0.6) is 0 Å². The number of carbonyl (C=O) groups is 1. The zero-order valence-corrected chi connectivity index (χ0v) is 16.0. The van der Waals surface area contributed by atoms with E-state index >= 15 is 0 Å². The Kier molecular flexibility index (Phi) is 5.06. The molecule has 0 bridgehead atoms. The first kappa shape index (κ1) is 19.1. The van der Waals surface area contributed by atoms with Gasteiger partial charge < -0.3 is 26.5 Å². The van der Waals surface area contributed by atoms with Crippen LogP contribution in [0.1, 0.15) is 41.9 Å². The molecule has 0 saturated heterocycles. The molecule has 1 aromatic carbocycles. The fourth-order valence-corrected chi connectivity index (χ4v) is 3.64. The van der Waals surface area contributed by atoms with Gasteiger partial charge in [-0.2, -0.15) is 0 Å². The van der Waals surface area contributed by atoms with E-state index in [1.807, 2.05) is 0 Å². The second-order valence-corrected chi connectivity index (χ2v) is 7.32. The second-order valence-electron chi connectivity index (χ2n) is 7.32. The zero-order valence-electron chi connectivity index (χ0n) is 16.0. The van der Waals surface area contributed by atoms with Gasteiger partial charge in [-0.05, 0) is 31.0 Å². The zero-order chi connectivity index (χ0) is 20.5. The molecular formula is C20H23FN6O2. The monoisotopic (exact) mass is 398 g/mol. The molecule has 4 rings (SSSR count). The van der Waals surface area contributed by atoms with E-state index in [1.54, 1.807) is 25.1 Å². The third-order valence-corrected chi connectivity index (χ3v) is 5.14. The highest BCUT2D eigenvalue weighted by Gasteiger charge is 2.24. The third-order valence-electron chi connectivity index (χ3n) is 5.14. The van der Waals surface area contributed by atoms with Crippen LogP contribution in [0.25, 0.3) is 11.1 Å². The van der Waals surface area contributed by atoms with Gasteiger partial charge >= 0.3 is 0 Å². The van der Waals surface area contributed by atoms with E-state index < -0.39 is 11.7 Å². The summed E-state index contributed by atoms with van der Waals surface area (Å²) in [6.45, 7) is 1.76. The molecule has 1 amide bonds. The van der Waals surface area contributed by atoms with E-state index in [0.29, 0.717) is 22.7 Å². The van der Waals surface area contributed by atoms with Crippen LogP contribution in [0.3, 0.4) is 0 Å². The summed E-state index contributed by atoms with van der Waals surface area (Å²) in [6, 6.07) is 6.22. The van der Waals surface area contributed by atoms with Crippen molar-refractivity contribution in [1.29, 1.82) is 0 Å². The average Bonchev–Trinajstić information content (AvgIpc) is 3.05. The molecule has 1 saturated carbocycles. The molecule has 1 unspecified atom stereocenters. The number of benzene rings is 1. The third kappa shape index (κ3) is 4.00. The molecular weight excluding hydrogens is 375 g/mol. The topological polar surface area (TPSA) is 132 Å². The van der Waals surface area contributed by atoms with Gasteiger partial charge in [-0.15, -0.1) is 0 Å². The predicted octanol–water partition coefficient (Wildman–Crippen LogP) is 3.19. The standard InChI is InChI=1S/C20H23FN6O2/c1-10-24-16-7-6-11(8-17(16)29-10)25-19-12(18(23)28)9-13(21)20(27-19)26-15-5-3-2-4-14(15)22/h6-9,14-15H,2-5,22H2,1H3,(H2,23,28)(H2,25,26,27)/t14-,15?/m0/s1. The van der Waals surface area contributed by atoms with Crippen LogP contribution in [0, 0.1) is 12.7 Å². The molecule has 1 aliphatic rings. The first-order valence-corrected chi connectivity index (χ1v) is 9.57. The average molecular weight is 398 g/mol. The maximum absolute atomic E-state index is 14.6. The number of hydrogen-bond donors (Lipinski definition) is 4. The summed E-state index contributed by atoms with van der Waals surface area (Å²) in [6.07, 6.45) is 3.80. The van der Waals surface area contributed by atoms with E-state index in [9.17, 15) is 9.18 Å². The summed E-state index contributed by atoms with van der Waals surface area (Å²) in [4.78, 5) is 20.4. The number of fused-ring (bicyclic) bond motifs is 1. The molecule has 0 aliphatic heterocycles. The molecule has 3 aromatic rings. The van der Waals surface area contributed by atoms with Crippen LogP contribution >= 0.6 is 0 Å². The molecule has 1 aliphatic carbocycles. The number of oxazole rings is 1. The number of nitrogens with two attached hydrogens (primary N) is 2. The Balaban J connectivity index is 1.66. The number of nitrogens with one attached hydrogen (secondary N) is 2. The molecule has 2 heterocycles. The Morgan fingerprint density at radius 1 is 1.21 bits per heavy atom. The summed E-state index contributed by atoms with van der Waals surface area (Å²) in [5.74, 6) is -0.692. The molecule has 152 valence electrons. The van der Waals surface area contributed by atoms with Gasteiger partial charge in [0.25, 0.3) is 5.91 Å². The number of rotatable bonds is 5. The maximum atomic E-state index is 14.6. The van der Waals surface area contributed by atoms with Gasteiger partial charge in [0.1, 0.15) is 11.3 Å². The molecule has 29 heavy (non-hydrogen) atoms. The van der Waals surface area contributed by atoms with Gasteiger partial charge in [0, 0.05) is 30.8 Å².